The van der Waals surface area contributed by atoms with E-state index in [1.165, 1.54) is 0 Å². The third kappa shape index (κ3) is 10.7. The van der Waals surface area contributed by atoms with Gasteiger partial charge in [0.2, 0.25) is 0 Å². The molecule has 22 heavy (non-hydrogen) atoms. The summed E-state index contributed by atoms with van der Waals surface area (Å²) in [5.41, 5.74) is 4.11. The number of rotatable bonds is 3. The van der Waals surface area contributed by atoms with E-state index in [-0.39, 0.29) is 0 Å². The molecule has 1 rings (SSSR count). The molecule has 1 N–H and O–H groups in total. The van der Waals surface area contributed by atoms with Crippen molar-refractivity contribution in [1.29, 1.82) is 0 Å². The lowest BCUT2D eigenvalue weighted by atomic mass is 10.0. The highest BCUT2D eigenvalue weighted by Gasteiger charge is 2.00. The zero-order valence-electron chi connectivity index (χ0n) is 15.5. The first kappa shape index (κ1) is 25.0. The molecule has 124 valence electrons. The quantitative estimate of drug-likeness (QED) is 0.463. The summed E-state index contributed by atoms with van der Waals surface area (Å²) in [4.78, 5) is 0. The number of hydrogen-bond donors (Lipinski definition) is 1. The summed E-state index contributed by atoms with van der Waals surface area (Å²) in [6.07, 6.45) is 4.02. The van der Waals surface area contributed by atoms with Gasteiger partial charge in [0.25, 0.3) is 0 Å². The minimum Gasteiger partial charge on any atom is -0.507 e. The lowest BCUT2D eigenvalue weighted by Gasteiger charge is -2.03. The first-order valence-electron chi connectivity index (χ1n) is 7.82. The van der Waals surface area contributed by atoms with Crippen LogP contribution in [0.5, 0.6) is 5.75 Å². The van der Waals surface area contributed by atoms with Gasteiger partial charge < -0.3 is 5.11 Å². The number of para-hydroxylation sites is 1. The van der Waals surface area contributed by atoms with Gasteiger partial charge in [-0.25, -0.2) is 0 Å². The Balaban J connectivity index is -0.000000535. The van der Waals surface area contributed by atoms with E-state index in [2.05, 4.69) is 19.7 Å². The predicted octanol–water partition coefficient (Wildman–Crippen LogP) is 7.17. The highest BCUT2D eigenvalue weighted by molar-refractivity contribution is 5.70. The predicted molar refractivity (Wildman–Crippen MR) is 104 cm³/mol. The Bertz CT molecular complexity index is 465. The molecule has 0 spiro atoms. The Hall–Kier alpha value is -2.02. The maximum atomic E-state index is 9.68. The second-order valence-electron chi connectivity index (χ2n) is 4.00. The lowest BCUT2D eigenvalue weighted by molar-refractivity contribution is 0.473. The molecule has 0 amide bonds. The lowest BCUT2D eigenvalue weighted by Crippen LogP contribution is -1.80. The molecule has 0 radical (unpaired) electrons. The maximum absolute atomic E-state index is 9.68. The van der Waals surface area contributed by atoms with Crippen molar-refractivity contribution < 1.29 is 5.11 Å². The van der Waals surface area contributed by atoms with Gasteiger partial charge >= 0.3 is 0 Å². The van der Waals surface area contributed by atoms with Crippen LogP contribution in [-0.4, -0.2) is 5.11 Å². The average Bonchev–Trinajstić information content (AvgIpc) is 2.58. The van der Waals surface area contributed by atoms with Gasteiger partial charge in [-0.3, -0.25) is 0 Å². The van der Waals surface area contributed by atoms with Gasteiger partial charge in [-0.2, -0.15) is 0 Å². The molecule has 0 heterocycles. The summed E-state index contributed by atoms with van der Waals surface area (Å²) in [6.45, 7) is 23.9. The number of phenols is 1. The third-order valence-corrected chi connectivity index (χ3v) is 2.59. The topological polar surface area (TPSA) is 20.2 Å². The van der Waals surface area contributed by atoms with Gasteiger partial charge in [0.05, 0.1) is 0 Å². The fourth-order valence-electron chi connectivity index (χ4n) is 1.29. The van der Waals surface area contributed by atoms with E-state index in [0.717, 1.165) is 22.3 Å². The van der Waals surface area contributed by atoms with E-state index in [1.807, 2.05) is 78.8 Å². The Labute approximate surface area is 138 Å². The summed E-state index contributed by atoms with van der Waals surface area (Å²) in [5.74, 6) is 0.317. The fourth-order valence-corrected chi connectivity index (χ4v) is 1.29. The zero-order chi connectivity index (χ0) is 18.1. The number of hydrogen-bond acceptors (Lipinski definition) is 1. The van der Waals surface area contributed by atoms with Crippen LogP contribution in [0.15, 0.2) is 67.3 Å². The summed E-state index contributed by atoms with van der Waals surface area (Å²) in [5, 5.41) is 9.68. The number of benzene rings is 1. The second kappa shape index (κ2) is 17.0. The van der Waals surface area contributed by atoms with Crippen LogP contribution in [0.3, 0.4) is 0 Å². The summed E-state index contributed by atoms with van der Waals surface area (Å²) in [6, 6.07) is 7.34. The van der Waals surface area contributed by atoms with Crippen molar-refractivity contribution in [3.63, 3.8) is 0 Å². The van der Waals surface area contributed by atoms with Gasteiger partial charge in [0.15, 0.2) is 0 Å². The van der Waals surface area contributed by atoms with Crippen molar-refractivity contribution in [2.45, 2.75) is 48.5 Å². The highest BCUT2D eigenvalue weighted by Crippen LogP contribution is 2.24. The van der Waals surface area contributed by atoms with Crippen LogP contribution in [0, 0.1) is 0 Å². The van der Waals surface area contributed by atoms with E-state index in [9.17, 15) is 5.11 Å². The van der Waals surface area contributed by atoms with Gasteiger partial charge in [0.1, 0.15) is 5.75 Å². The summed E-state index contributed by atoms with van der Waals surface area (Å²) >= 11 is 0. The Morgan fingerprint density at radius 1 is 0.909 bits per heavy atom. The van der Waals surface area contributed by atoms with Crippen LogP contribution in [0.2, 0.25) is 0 Å². The van der Waals surface area contributed by atoms with Crippen LogP contribution in [0.1, 0.15) is 54.0 Å². The molecule has 0 fully saturated rings. The molecule has 1 heteroatoms. The first-order chi connectivity index (χ1) is 10.5. The SMILES string of the molecule is C=C.C=C(C)/C(C)=C/C=C(\C)c1ccccc1O.CC.CC. The normalized spacial score (nSPS) is 9.95. The van der Waals surface area contributed by atoms with Crippen molar-refractivity contribution in [3.8, 4) is 5.75 Å². The van der Waals surface area contributed by atoms with Crippen LogP contribution in [0.4, 0.5) is 0 Å². The van der Waals surface area contributed by atoms with Crippen molar-refractivity contribution in [2.75, 3.05) is 0 Å². The number of phenolic OH excluding ortho intramolecular Hbond substituents is 1. The molecule has 0 saturated carbocycles. The van der Waals surface area contributed by atoms with Gasteiger partial charge in [0, 0.05) is 5.56 Å². The highest BCUT2D eigenvalue weighted by atomic mass is 16.3. The zero-order valence-corrected chi connectivity index (χ0v) is 15.5. The minimum atomic E-state index is 0.317. The van der Waals surface area contributed by atoms with Gasteiger partial charge in [-0.1, -0.05) is 70.2 Å². The van der Waals surface area contributed by atoms with Crippen LogP contribution < -0.4 is 0 Å². The standard InChI is InChI=1S/C15H18O.2C2H6.C2H4/c1-11(2)12(3)9-10-13(4)14-7-5-6-8-15(14)16;3*1-2/h5-10,16H,1H2,2-4H3;2*1-2H3;1-2H2/b12-9+,13-10+;;;. The number of aromatic hydroxyl groups is 1. The van der Waals surface area contributed by atoms with Crippen molar-refractivity contribution in [2.24, 2.45) is 0 Å². The molecule has 0 saturated heterocycles. The Morgan fingerprint density at radius 2 is 1.36 bits per heavy atom. The molecular formula is C21H34O. The molecule has 0 bridgehead atoms. The van der Waals surface area contributed by atoms with E-state index < -0.39 is 0 Å². The van der Waals surface area contributed by atoms with Crippen molar-refractivity contribution >= 4 is 5.57 Å². The Morgan fingerprint density at radius 3 is 1.77 bits per heavy atom. The van der Waals surface area contributed by atoms with Crippen LogP contribution >= 0.6 is 0 Å². The molecule has 1 nitrogen and oxygen atoms in total. The summed E-state index contributed by atoms with van der Waals surface area (Å²) < 4.78 is 0. The largest absolute Gasteiger partial charge is 0.507 e. The Kier molecular flexibility index (Phi) is 19.3. The molecule has 1 aromatic carbocycles. The summed E-state index contributed by atoms with van der Waals surface area (Å²) in [7, 11) is 0. The first-order valence-corrected chi connectivity index (χ1v) is 7.82. The third-order valence-electron chi connectivity index (χ3n) is 2.59. The van der Waals surface area contributed by atoms with Gasteiger partial charge in [-0.15, -0.1) is 13.2 Å². The molecule has 1 aromatic rings. The monoisotopic (exact) mass is 302 g/mol. The molecular weight excluding hydrogens is 268 g/mol. The molecule has 0 atom stereocenters. The van der Waals surface area contributed by atoms with E-state index in [0.29, 0.717) is 5.75 Å². The number of allylic oxidation sites excluding steroid dienone is 5. The average molecular weight is 303 g/mol. The molecule has 0 aliphatic carbocycles. The van der Waals surface area contributed by atoms with Gasteiger partial charge in [-0.05, 0) is 38.0 Å². The molecule has 0 aliphatic rings. The molecule has 0 aromatic heterocycles. The van der Waals surface area contributed by atoms with E-state index in [1.54, 1.807) is 6.07 Å². The smallest absolute Gasteiger partial charge is 0.123 e. The molecule has 0 aliphatic heterocycles. The van der Waals surface area contributed by atoms with Crippen LogP contribution in [-0.2, 0) is 0 Å². The maximum Gasteiger partial charge on any atom is 0.123 e. The van der Waals surface area contributed by atoms with Crippen molar-refractivity contribution in [3.05, 3.63) is 72.9 Å². The fraction of sp³-hybridized carbons (Fsp3) is 0.333. The van der Waals surface area contributed by atoms with E-state index >= 15 is 0 Å². The van der Waals surface area contributed by atoms with Crippen molar-refractivity contribution in [1.82, 2.24) is 0 Å². The minimum absolute atomic E-state index is 0.317. The van der Waals surface area contributed by atoms with E-state index in [4.69, 9.17) is 0 Å². The second-order valence-corrected chi connectivity index (χ2v) is 4.00. The van der Waals surface area contributed by atoms with Crippen LogP contribution in [0.25, 0.3) is 5.57 Å². The molecule has 0 unspecified atom stereocenters.